The Kier molecular flexibility index (Phi) is 7.30. The van der Waals surface area contributed by atoms with Gasteiger partial charge in [0.1, 0.15) is 41.1 Å². The van der Waals surface area contributed by atoms with Crippen LogP contribution in [0.1, 0.15) is 47.3 Å². The molecular weight excluding hydrogens is 620 g/mol. The van der Waals surface area contributed by atoms with Crippen molar-refractivity contribution in [3.8, 4) is 11.3 Å². The number of anilines is 1. The van der Waals surface area contributed by atoms with Crippen LogP contribution in [0.3, 0.4) is 0 Å². The molecule has 4 aromatic rings. The molecule has 1 aliphatic heterocycles. The molecule has 222 valence electrons. The van der Waals surface area contributed by atoms with Crippen LogP contribution < -0.4 is 5.32 Å². The van der Waals surface area contributed by atoms with Crippen LogP contribution in [-0.4, -0.2) is 81.1 Å². The van der Waals surface area contributed by atoms with Crippen molar-refractivity contribution in [1.82, 2.24) is 34.6 Å². The van der Waals surface area contributed by atoms with Gasteiger partial charge in [-0.15, -0.1) is 0 Å². The van der Waals surface area contributed by atoms with E-state index in [2.05, 4.69) is 53.2 Å². The van der Waals surface area contributed by atoms with E-state index < -0.39 is 25.0 Å². The molecule has 4 aromatic heterocycles. The first-order valence-electron chi connectivity index (χ1n) is 13.7. The van der Waals surface area contributed by atoms with Crippen LogP contribution in [0, 0.1) is 19.3 Å². The number of halogens is 1. The fourth-order valence-electron chi connectivity index (χ4n) is 5.86. The van der Waals surface area contributed by atoms with Gasteiger partial charge >= 0.3 is 0 Å². The van der Waals surface area contributed by atoms with Gasteiger partial charge in [0.2, 0.25) is 17.6 Å². The van der Waals surface area contributed by atoms with Crippen LogP contribution >= 0.6 is 15.9 Å². The third-order valence-corrected chi connectivity index (χ3v) is 8.69. The number of carbonyl (C=O) groups excluding carboxylic acids is 3. The summed E-state index contributed by atoms with van der Waals surface area (Å²) in [6.45, 7) is 4.04. The molecular formula is C29H29BrN8O5. The Hall–Kier alpha value is -4.14. The quantitative estimate of drug-likeness (QED) is 0.190. The Morgan fingerprint density at radius 3 is 2.56 bits per heavy atom. The number of aliphatic hydroxyl groups excluding tert-OH is 2. The predicted molar refractivity (Wildman–Crippen MR) is 158 cm³/mol. The number of aliphatic hydroxyl groups is 2. The van der Waals surface area contributed by atoms with E-state index in [1.165, 1.54) is 4.68 Å². The molecule has 5 heterocycles. The average molecular weight is 650 g/mol. The van der Waals surface area contributed by atoms with E-state index >= 15 is 0 Å². The van der Waals surface area contributed by atoms with E-state index in [1.807, 2.05) is 13.0 Å². The minimum absolute atomic E-state index is 0.0557. The summed E-state index contributed by atoms with van der Waals surface area (Å²) in [7, 11) is 0. The number of amides is 2. The first-order valence-corrected chi connectivity index (χ1v) is 14.5. The molecule has 1 aliphatic carbocycles. The van der Waals surface area contributed by atoms with Crippen LogP contribution in [0.4, 0.5) is 5.82 Å². The van der Waals surface area contributed by atoms with Crippen LogP contribution in [0.15, 0.2) is 35.2 Å². The lowest BCUT2D eigenvalue weighted by atomic mass is 10.0. The number of hydrogen-bond donors (Lipinski definition) is 3. The molecule has 1 saturated carbocycles. The number of nitrogens with zero attached hydrogens (tertiary/aromatic N) is 7. The van der Waals surface area contributed by atoms with Crippen molar-refractivity contribution in [2.75, 3.05) is 11.9 Å². The topological polar surface area (TPSA) is 176 Å². The number of pyridine rings is 2. The molecule has 0 radical (unpaired) electrons. The molecule has 1 saturated heterocycles. The van der Waals surface area contributed by atoms with E-state index in [-0.39, 0.29) is 46.7 Å². The SMILES string of the molecule is Cc1ncc(-c2cc3c(C(=O)CO)nn(CC(=O)N4[C@H](C(=O)Nc5nc(Br)ccc5C)C[C@@]5(C)C[C@@H]45)c3c(CO)n2)cn1. The number of Topliss-reactive ketones (excluding diaryl/α,β-unsaturated/α-hetero) is 1. The first-order chi connectivity index (χ1) is 20.5. The van der Waals surface area contributed by atoms with Gasteiger partial charge in [0.25, 0.3) is 0 Å². The Labute approximate surface area is 254 Å². The number of rotatable bonds is 8. The lowest BCUT2D eigenvalue weighted by Gasteiger charge is -2.27. The van der Waals surface area contributed by atoms with Gasteiger partial charge in [-0.05, 0) is 65.7 Å². The van der Waals surface area contributed by atoms with Gasteiger partial charge in [0, 0.05) is 29.4 Å². The van der Waals surface area contributed by atoms with E-state index in [0.29, 0.717) is 39.3 Å². The number of aryl methyl sites for hydroxylation is 2. The van der Waals surface area contributed by atoms with E-state index in [9.17, 15) is 24.6 Å². The summed E-state index contributed by atoms with van der Waals surface area (Å²) in [5.74, 6) is -0.366. The lowest BCUT2D eigenvalue weighted by Crippen LogP contribution is -2.47. The number of aromatic nitrogens is 6. The van der Waals surface area contributed by atoms with Gasteiger partial charge in [-0.2, -0.15) is 5.10 Å². The highest BCUT2D eigenvalue weighted by Crippen LogP contribution is 2.59. The molecule has 3 atom stereocenters. The van der Waals surface area contributed by atoms with Crippen LogP contribution in [0.25, 0.3) is 22.2 Å². The van der Waals surface area contributed by atoms with Gasteiger partial charge in [-0.1, -0.05) is 13.0 Å². The highest BCUT2D eigenvalue weighted by atomic mass is 79.9. The molecule has 2 fully saturated rings. The van der Waals surface area contributed by atoms with Crippen molar-refractivity contribution in [2.45, 2.75) is 58.8 Å². The first kappa shape index (κ1) is 29.0. The second kappa shape index (κ2) is 10.8. The summed E-state index contributed by atoms with van der Waals surface area (Å²) >= 11 is 3.33. The molecule has 6 rings (SSSR count). The maximum atomic E-state index is 13.9. The Balaban J connectivity index is 1.35. The summed E-state index contributed by atoms with van der Waals surface area (Å²) < 4.78 is 1.90. The summed E-state index contributed by atoms with van der Waals surface area (Å²) in [6.07, 6.45) is 4.43. The third-order valence-electron chi connectivity index (χ3n) is 8.25. The number of piperidine rings is 1. The zero-order valence-electron chi connectivity index (χ0n) is 23.7. The van der Waals surface area contributed by atoms with Crippen LogP contribution in [-0.2, 0) is 22.7 Å². The van der Waals surface area contributed by atoms with Crippen molar-refractivity contribution in [2.24, 2.45) is 5.41 Å². The molecule has 0 aromatic carbocycles. The van der Waals surface area contributed by atoms with Gasteiger partial charge in [-0.25, -0.2) is 19.9 Å². The minimum atomic E-state index is -0.794. The van der Waals surface area contributed by atoms with Crippen molar-refractivity contribution in [3.63, 3.8) is 0 Å². The number of carbonyl (C=O) groups is 3. The third kappa shape index (κ3) is 5.19. The fourth-order valence-corrected chi connectivity index (χ4v) is 6.17. The van der Waals surface area contributed by atoms with Crippen molar-refractivity contribution >= 4 is 50.2 Å². The second-order valence-corrected chi connectivity index (χ2v) is 12.1. The van der Waals surface area contributed by atoms with E-state index in [0.717, 1.165) is 12.0 Å². The van der Waals surface area contributed by atoms with E-state index in [4.69, 9.17) is 0 Å². The highest BCUT2D eigenvalue weighted by molar-refractivity contribution is 9.10. The Bertz CT molecular complexity index is 1790. The fraction of sp³-hybridized carbons (Fsp3) is 0.379. The summed E-state index contributed by atoms with van der Waals surface area (Å²) in [4.78, 5) is 59.1. The molecule has 2 amide bonds. The minimum Gasteiger partial charge on any atom is -0.390 e. The normalized spacial score (nSPS) is 20.7. The van der Waals surface area contributed by atoms with Gasteiger partial charge < -0.3 is 20.4 Å². The van der Waals surface area contributed by atoms with Gasteiger partial charge in [0.05, 0.1) is 23.5 Å². The monoisotopic (exact) mass is 648 g/mol. The predicted octanol–water partition coefficient (Wildman–Crippen LogP) is 2.35. The van der Waals surface area contributed by atoms with Crippen LogP contribution in [0.5, 0.6) is 0 Å². The Morgan fingerprint density at radius 1 is 1.12 bits per heavy atom. The molecule has 2 aliphatic rings. The number of ketones is 1. The standard InChI is InChI=1S/C29H29BrN8O5/c1-14-4-5-23(30)34-27(14)35-28(43)20-7-29(3)8-22(29)38(20)24(42)11-37-26-17(25(36-37)21(41)13-40)6-18(33-19(26)12-39)16-9-31-15(2)32-10-16/h4-6,9-10,20,22,39-40H,7-8,11-13H2,1-3H3,(H,34,35,43)/t20-,22+,29-/m0/s1. The molecule has 0 spiro atoms. The van der Waals surface area contributed by atoms with Gasteiger partial charge in [0.15, 0.2) is 0 Å². The van der Waals surface area contributed by atoms with Crippen molar-refractivity contribution < 1.29 is 24.6 Å². The number of likely N-dealkylation sites (tertiary alicyclic amines) is 1. The van der Waals surface area contributed by atoms with E-state index in [1.54, 1.807) is 36.4 Å². The molecule has 0 unspecified atom stereocenters. The van der Waals surface area contributed by atoms with Crippen LogP contribution in [0.2, 0.25) is 0 Å². The lowest BCUT2D eigenvalue weighted by molar-refractivity contribution is -0.138. The Morgan fingerprint density at radius 2 is 1.86 bits per heavy atom. The number of nitrogens with one attached hydrogen (secondary N) is 1. The largest absolute Gasteiger partial charge is 0.390 e. The molecule has 0 bridgehead atoms. The highest BCUT2D eigenvalue weighted by Gasteiger charge is 2.64. The summed E-state index contributed by atoms with van der Waals surface area (Å²) in [5, 5.41) is 27.6. The zero-order valence-corrected chi connectivity index (χ0v) is 25.3. The van der Waals surface area contributed by atoms with Gasteiger partial charge in [-0.3, -0.25) is 19.1 Å². The maximum Gasteiger partial charge on any atom is 0.248 e. The second-order valence-electron chi connectivity index (χ2n) is 11.3. The molecule has 3 N–H and O–H groups in total. The molecule has 43 heavy (non-hydrogen) atoms. The van der Waals surface area contributed by atoms with Crippen molar-refractivity contribution in [3.05, 3.63) is 58.0 Å². The molecule has 14 heteroatoms. The number of fused-ring (bicyclic) bond motifs is 2. The smallest absolute Gasteiger partial charge is 0.248 e. The average Bonchev–Trinajstić information content (AvgIpc) is 3.35. The zero-order chi connectivity index (χ0) is 30.6. The summed E-state index contributed by atoms with van der Waals surface area (Å²) in [6, 6.07) is 4.39. The summed E-state index contributed by atoms with van der Waals surface area (Å²) in [5.41, 5.74) is 1.99. The molecule has 13 nitrogen and oxygen atoms in total. The number of hydrogen-bond acceptors (Lipinski definition) is 10. The maximum absolute atomic E-state index is 13.9. The van der Waals surface area contributed by atoms with Crippen molar-refractivity contribution in [1.29, 1.82) is 0 Å².